The Hall–Kier alpha value is -2.13. The molecular formula is C15H22N6O2S. The molecule has 2 aliphatic heterocycles. The standard InChI is InChI=1S/C15H22N6O2S/c1-16-14(24)19-9-12-10-21(15(22)23-12)11-2-3-13(18-8-11)20-6-4-17-5-7-20/h2-3,8,12,17H,4-7,9-10H2,1H3,(H2,16,19,24)/t12-/m0/s1. The third-order valence-corrected chi connectivity index (χ3v) is 4.42. The zero-order valence-corrected chi connectivity index (χ0v) is 14.4. The summed E-state index contributed by atoms with van der Waals surface area (Å²) in [5.41, 5.74) is 0.748. The van der Waals surface area contributed by atoms with Gasteiger partial charge in [-0.15, -0.1) is 0 Å². The molecule has 0 spiro atoms. The number of carbonyl (C=O) groups is 1. The maximum Gasteiger partial charge on any atom is 0.414 e. The van der Waals surface area contributed by atoms with E-state index >= 15 is 0 Å². The van der Waals surface area contributed by atoms with Gasteiger partial charge in [0.25, 0.3) is 0 Å². The topological polar surface area (TPSA) is 81.8 Å². The van der Waals surface area contributed by atoms with Crippen molar-refractivity contribution in [3.63, 3.8) is 0 Å². The maximum atomic E-state index is 12.1. The number of amides is 1. The molecule has 1 aromatic heterocycles. The van der Waals surface area contributed by atoms with Gasteiger partial charge in [-0.1, -0.05) is 0 Å². The van der Waals surface area contributed by atoms with Crippen LogP contribution in [0.2, 0.25) is 0 Å². The van der Waals surface area contributed by atoms with E-state index in [2.05, 4.69) is 25.8 Å². The van der Waals surface area contributed by atoms with E-state index in [1.807, 2.05) is 12.1 Å². The van der Waals surface area contributed by atoms with Gasteiger partial charge in [0, 0.05) is 33.2 Å². The lowest BCUT2D eigenvalue weighted by Crippen LogP contribution is -2.43. The van der Waals surface area contributed by atoms with E-state index in [1.165, 1.54) is 0 Å². The average molecular weight is 350 g/mol. The Kier molecular flexibility index (Phi) is 5.31. The molecule has 3 rings (SSSR count). The summed E-state index contributed by atoms with van der Waals surface area (Å²) in [5.74, 6) is 0.936. The first kappa shape index (κ1) is 16.7. The fourth-order valence-corrected chi connectivity index (χ4v) is 2.84. The molecule has 2 saturated heterocycles. The molecule has 2 fully saturated rings. The van der Waals surface area contributed by atoms with Crippen molar-refractivity contribution in [2.45, 2.75) is 6.10 Å². The van der Waals surface area contributed by atoms with Gasteiger partial charge >= 0.3 is 6.09 Å². The zero-order chi connectivity index (χ0) is 16.9. The summed E-state index contributed by atoms with van der Waals surface area (Å²) in [6.07, 6.45) is 1.14. The highest BCUT2D eigenvalue weighted by atomic mass is 32.1. The maximum absolute atomic E-state index is 12.1. The molecule has 0 radical (unpaired) electrons. The van der Waals surface area contributed by atoms with Crippen molar-refractivity contribution in [1.82, 2.24) is 20.9 Å². The van der Waals surface area contributed by atoms with E-state index in [0.717, 1.165) is 37.7 Å². The number of hydrogen-bond donors (Lipinski definition) is 3. The van der Waals surface area contributed by atoms with Gasteiger partial charge in [-0.3, -0.25) is 4.90 Å². The van der Waals surface area contributed by atoms with Gasteiger partial charge in [0.1, 0.15) is 11.9 Å². The Labute approximate surface area is 146 Å². The highest BCUT2D eigenvalue weighted by Gasteiger charge is 2.32. The number of anilines is 2. The van der Waals surface area contributed by atoms with Crippen LogP contribution in [0.4, 0.5) is 16.3 Å². The van der Waals surface area contributed by atoms with E-state index in [4.69, 9.17) is 17.0 Å². The molecule has 130 valence electrons. The monoisotopic (exact) mass is 350 g/mol. The molecule has 1 amide bonds. The molecule has 1 aromatic rings. The Bertz CT molecular complexity index is 590. The third-order valence-electron chi connectivity index (χ3n) is 4.08. The third kappa shape index (κ3) is 3.85. The number of ether oxygens (including phenoxy) is 1. The van der Waals surface area contributed by atoms with Crippen LogP contribution in [-0.2, 0) is 4.74 Å². The van der Waals surface area contributed by atoms with Crippen LogP contribution in [0.15, 0.2) is 18.3 Å². The highest BCUT2D eigenvalue weighted by molar-refractivity contribution is 7.80. The van der Waals surface area contributed by atoms with Gasteiger partial charge in [0.15, 0.2) is 5.11 Å². The van der Waals surface area contributed by atoms with Crippen LogP contribution < -0.4 is 25.8 Å². The molecule has 1 atom stereocenters. The summed E-state index contributed by atoms with van der Waals surface area (Å²) in [7, 11) is 1.74. The number of cyclic esters (lactones) is 1. The quantitative estimate of drug-likeness (QED) is 0.650. The number of aromatic nitrogens is 1. The highest BCUT2D eigenvalue weighted by Crippen LogP contribution is 2.23. The lowest BCUT2D eigenvalue weighted by Gasteiger charge is -2.28. The molecule has 0 bridgehead atoms. The van der Waals surface area contributed by atoms with Crippen LogP contribution in [0.5, 0.6) is 0 Å². The number of nitrogens with zero attached hydrogens (tertiary/aromatic N) is 3. The molecule has 0 saturated carbocycles. The van der Waals surface area contributed by atoms with Gasteiger partial charge in [0.05, 0.1) is 25.0 Å². The molecule has 3 N–H and O–H groups in total. The largest absolute Gasteiger partial charge is 0.442 e. The van der Waals surface area contributed by atoms with Crippen molar-refractivity contribution in [2.75, 3.05) is 56.1 Å². The minimum atomic E-state index is -0.353. The number of hydrogen-bond acceptors (Lipinski definition) is 6. The van der Waals surface area contributed by atoms with Crippen molar-refractivity contribution >= 4 is 34.9 Å². The summed E-state index contributed by atoms with van der Waals surface area (Å²) in [6, 6.07) is 3.87. The second kappa shape index (κ2) is 7.63. The molecule has 24 heavy (non-hydrogen) atoms. The van der Waals surface area contributed by atoms with E-state index in [1.54, 1.807) is 18.1 Å². The zero-order valence-electron chi connectivity index (χ0n) is 13.6. The second-order valence-electron chi connectivity index (χ2n) is 5.69. The predicted molar refractivity (Wildman–Crippen MR) is 96.6 cm³/mol. The summed E-state index contributed by atoms with van der Waals surface area (Å²) < 4.78 is 5.36. The molecule has 2 aliphatic rings. The van der Waals surface area contributed by atoms with Gasteiger partial charge in [-0.2, -0.15) is 0 Å². The van der Waals surface area contributed by atoms with Crippen molar-refractivity contribution < 1.29 is 9.53 Å². The number of thiocarbonyl (C=S) groups is 1. The van der Waals surface area contributed by atoms with Crippen LogP contribution in [0.3, 0.4) is 0 Å². The summed E-state index contributed by atoms with van der Waals surface area (Å²) in [4.78, 5) is 20.4. The first-order valence-corrected chi connectivity index (χ1v) is 8.43. The van der Waals surface area contributed by atoms with Crippen LogP contribution in [-0.4, -0.2) is 68.6 Å². The molecule has 0 aromatic carbocycles. The predicted octanol–water partition coefficient (Wildman–Crippen LogP) is -0.0897. The Balaban J connectivity index is 1.59. The average Bonchev–Trinajstić information content (AvgIpc) is 3.01. The lowest BCUT2D eigenvalue weighted by molar-refractivity contribution is 0.143. The summed E-state index contributed by atoms with van der Waals surface area (Å²) in [5, 5.41) is 9.69. The summed E-state index contributed by atoms with van der Waals surface area (Å²) in [6.45, 7) is 4.77. The smallest absolute Gasteiger partial charge is 0.414 e. The Morgan fingerprint density at radius 1 is 1.46 bits per heavy atom. The minimum Gasteiger partial charge on any atom is -0.442 e. The van der Waals surface area contributed by atoms with Crippen molar-refractivity contribution in [1.29, 1.82) is 0 Å². The molecule has 0 aliphatic carbocycles. The van der Waals surface area contributed by atoms with Gasteiger partial charge in [-0.25, -0.2) is 9.78 Å². The van der Waals surface area contributed by atoms with E-state index < -0.39 is 0 Å². The molecule has 3 heterocycles. The molecule has 9 heteroatoms. The number of nitrogens with one attached hydrogen (secondary N) is 3. The van der Waals surface area contributed by atoms with Crippen LogP contribution >= 0.6 is 12.2 Å². The second-order valence-corrected chi connectivity index (χ2v) is 6.10. The number of piperazine rings is 1. The SMILES string of the molecule is CNC(=S)NC[C@H]1CN(c2ccc(N3CCNCC3)nc2)C(=O)O1. The van der Waals surface area contributed by atoms with Crippen molar-refractivity contribution in [3.8, 4) is 0 Å². The number of carbonyl (C=O) groups excluding carboxylic acids is 1. The lowest BCUT2D eigenvalue weighted by atomic mass is 10.3. The molecule has 0 unspecified atom stereocenters. The fourth-order valence-electron chi connectivity index (χ4n) is 2.75. The fraction of sp³-hybridized carbons (Fsp3) is 0.533. The number of pyridine rings is 1. The number of rotatable bonds is 4. The Morgan fingerprint density at radius 2 is 2.25 bits per heavy atom. The van der Waals surface area contributed by atoms with E-state index in [9.17, 15) is 4.79 Å². The Morgan fingerprint density at radius 3 is 2.92 bits per heavy atom. The van der Waals surface area contributed by atoms with Gasteiger partial charge in [-0.05, 0) is 24.4 Å². The first-order valence-electron chi connectivity index (χ1n) is 8.03. The first-order chi connectivity index (χ1) is 11.7. The van der Waals surface area contributed by atoms with E-state index in [0.29, 0.717) is 18.2 Å². The van der Waals surface area contributed by atoms with Crippen LogP contribution in [0, 0.1) is 0 Å². The van der Waals surface area contributed by atoms with E-state index in [-0.39, 0.29) is 12.2 Å². The minimum absolute atomic E-state index is 0.239. The molecular weight excluding hydrogens is 328 g/mol. The normalized spacial score (nSPS) is 20.7. The van der Waals surface area contributed by atoms with Crippen molar-refractivity contribution in [3.05, 3.63) is 18.3 Å². The van der Waals surface area contributed by atoms with Gasteiger partial charge in [0.2, 0.25) is 0 Å². The van der Waals surface area contributed by atoms with Crippen LogP contribution in [0.1, 0.15) is 0 Å². The van der Waals surface area contributed by atoms with Gasteiger partial charge < -0.3 is 25.6 Å². The van der Waals surface area contributed by atoms with Crippen LogP contribution in [0.25, 0.3) is 0 Å². The summed E-state index contributed by atoms with van der Waals surface area (Å²) >= 11 is 5.02. The van der Waals surface area contributed by atoms with Crippen molar-refractivity contribution in [2.24, 2.45) is 0 Å². The molecule has 8 nitrogen and oxygen atoms in total.